The van der Waals surface area contributed by atoms with E-state index >= 15 is 0 Å². The minimum atomic E-state index is -1.24. The van der Waals surface area contributed by atoms with Crippen molar-refractivity contribution in [1.29, 1.82) is 0 Å². The smallest absolute Gasteiger partial charge is 0.232 e. The van der Waals surface area contributed by atoms with E-state index in [9.17, 15) is 4.79 Å². The van der Waals surface area contributed by atoms with E-state index in [2.05, 4.69) is 27.2 Å². The van der Waals surface area contributed by atoms with Gasteiger partial charge in [0.15, 0.2) is 5.78 Å². The fourth-order valence-electron chi connectivity index (χ4n) is 3.93. The molecule has 1 unspecified atom stereocenters. The minimum Gasteiger partial charge on any atom is -0.494 e. The average Bonchev–Trinajstić information content (AvgIpc) is 3.39. The number of aryl methyl sites for hydroxylation is 1. The Balaban J connectivity index is 1.41. The molecule has 3 N–H and O–H groups in total. The predicted octanol–water partition coefficient (Wildman–Crippen LogP) is 4.08. The second-order valence-corrected chi connectivity index (χ2v) is 8.21. The topological polar surface area (TPSA) is 116 Å². The van der Waals surface area contributed by atoms with E-state index in [0.29, 0.717) is 36.3 Å². The Labute approximate surface area is 193 Å². The van der Waals surface area contributed by atoms with Gasteiger partial charge in [0.05, 0.1) is 12.2 Å². The highest BCUT2D eigenvalue weighted by atomic mass is 16.5. The summed E-state index contributed by atoms with van der Waals surface area (Å²) in [6.45, 7) is 4.40. The van der Waals surface area contributed by atoms with Crippen molar-refractivity contribution < 1.29 is 14.3 Å². The number of aromatic nitrogens is 4. The second kappa shape index (κ2) is 10.4. The van der Waals surface area contributed by atoms with Crippen LogP contribution in [0.5, 0.6) is 11.5 Å². The van der Waals surface area contributed by atoms with Crippen LogP contribution in [0.2, 0.25) is 0 Å². The van der Waals surface area contributed by atoms with E-state index in [-0.39, 0.29) is 11.6 Å². The summed E-state index contributed by atoms with van der Waals surface area (Å²) < 4.78 is 11.9. The Morgan fingerprint density at radius 3 is 2.76 bits per heavy atom. The highest BCUT2D eigenvalue weighted by Crippen LogP contribution is 2.38. The molecular formula is C25H29N5O3. The number of allylic oxidation sites excluding steroid dienone is 1. The van der Waals surface area contributed by atoms with Crippen LogP contribution in [0.25, 0.3) is 0 Å². The Hall–Kier alpha value is -3.52. The molecule has 33 heavy (non-hydrogen) atoms. The molecule has 8 heteroatoms. The number of carbonyl (C=O) groups excluding carboxylic acids is 1. The first kappa shape index (κ1) is 22.7. The zero-order chi connectivity index (χ0) is 23.1. The first-order valence-electron chi connectivity index (χ1n) is 11.3. The van der Waals surface area contributed by atoms with Crippen molar-refractivity contribution in [2.75, 3.05) is 6.61 Å². The standard InChI is InChI=1S/C25H29N5O3/c1-2-3-4-5-6-7-17-32-20-13-11-18(12-14-20)22(31)21-10-8-9-19-15-16-25(26,33-23(19)21)24-27-29-30-28-24/h2,8-14H,1,3-7,15-17,26H2,(H,27,28,29,30). The number of carbonyl (C=O) groups is 1. The third-order valence-corrected chi connectivity index (χ3v) is 5.80. The number of nitrogens with zero attached hydrogens (tertiary/aromatic N) is 3. The van der Waals surface area contributed by atoms with Crippen LogP contribution in [0, 0.1) is 0 Å². The summed E-state index contributed by atoms with van der Waals surface area (Å²) in [5.41, 5.74) is 7.12. The lowest BCUT2D eigenvalue weighted by molar-refractivity contribution is 0.0393. The van der Waals surface area contributed by atoms with Crippen LogP contribution < -0.4 is 15.2 Å². The number of hydrogen-bond donors (Lipinski definition) is 2. The number of ketones is 1. The van der Waals surface area contributed by atoms with E-state index in [1.165, 1.54) is 12.8 Å². The number of fused-ring (bicyclic) bond motifs is 1. The summed E-state index contributed by atoms with van der Waals surface area (Å²) in [7, 11) is 0. The van der Waals surface area contributed by atoms with Gasteiger partial charge in [-0.3, -0.25) is 10.5 Å². The molecule has 4 rings (SSSR count). The predicted molar refractivity (Wildman–Crippen MR) is 124 cm³/mol. The van der Waals surface area contributed by atoms with Crippen LogP contribution >= 0.6 is 0 Å². The highest BCUT2D eigenvalue weighted by molar-refractivity contribution is 6.11. The zero-order valence-corrected chi connectivity index (χ0v) is 18.6. The van der Waals surface area contributed by atoms with E-state index in [0.717, 1.165) is 30.6 Å². The molecular weight excluding hydrogens is 418 g/mol. The SMILES string of the molecule is C=CCCCCCCOc1ccc(C(=O)c2cccc3c2OC(N)(c2nn[nH]n2)CC3)cc1. The fourth-order valence-corrected chi connectivity index (χ4v) is 3.93. The van der Waals surface area contributed by atoms with Crippen LogP contribution in [0.1, 0.15) is 65.8 Å². The maximum atomic E-state index is 13.3. The van der Waals surface area contributed by atoms with Gasteiger partial charge >= 0.3 is 0 Å². The number of aromatic amines is 1. The molecule has 0 saturated heterocycles. The number of H-pyrrole nitrogens is 1. The average molecular weight is 448 g/mol. The largest absolute Gasteiger partial charge is 0.494 e. The number of unbranched alkanes of at least 4 members (excludes halogenated alkanes) is 4. The van der Waals surface area contributed by atoms with Gasteiger partial charge < -0.3 is 9.47 Å². The van der Waals surface area contributed by atoms with Crippen LogP contribution in [0.15, 0.2) is 55.1 Å². The number of ether oxygens (including phenoxy) is 2. The third kappa shape index (κ3) is 5.28. The highest BCUT2D eigenvalue weighted by Gasteiger charge is 2.39. The van der Waals surface area contributed by atoms with Crippen LogP contribution in [0.3, 0.4) is 0 Å². The summed E-state index contributed by atoms with van der Waals surface area (Å²) in [6.07, 6.45) is 8.64. The van der Waals surface area contributed by atoms with E-state index in [4.69, 9.17) is 15.2 Å². The van der Waals surface area contributed by atoms with E-state index in [1.54, 1.807) is 18.2 Å². The first-order chi connectivity index (χ1) is 16.1. The Kier molecular flexibility index (Phi) is 7.14. The number of rotatable bonds is 11. The van der Waals surface area contributed by atoms with Gasteiger partial charge in [-0.05, 0) is 66.8 Å². The molecule has 1 aliphatic rings. The molecule has 0 fully saturated rings. The van der Waals surface area contributed by atoms with E-state index in [1.807, 2.05) is 30.3 Å². The molecule has 172 valence electrons. The number of nitrogens with two attached hydrogens (primary N) is 1. The molecule has 8 nitrogen and oxygen atoms in total. The van der Waals surface area contributed by atoms with Gasteiger partial charge in [-0.25, -0.2) is 0 Å². The van der Waals surface area contributed by atoms with Crippen LogP contribution in [-0.2, 0) is 12.1 Å². The number of nitrogens with one attached hydrogen (secondary N) is 1. The Bertz CT molecular complexity index is 1080. The maximum Gasteiger partial charge on any atom is 0.232 e. The summed E-state index contributed by atoms with van der Waals surface area (Å²) in [5, 5.41) is 13.9. The molecule has 2 heterocycles. The van der Waals surface area contributed by atoms with Gasteiger partial charge in [-0.15, -0.1) is 16.8 Å². The van der Waals surface area contributed by atoms with Gasteiger partial charge in [0.1, 0.15) is 11.5 Å². The lowest BCUT2D eigenvalue weighted by Gasteiger charge is -2.33. The van der Waals surface area contributed by atoms with Crippen LogP contribution in [-0.4, -0.2) is 33.0 Å². The van der Waals surface area contributed by atoms with Gasteiger partial charge in [0, 0.05) is 12.0 Å². The van der Waals surface area contributed by atoms with Crippen molar-refractivity contribution in [1.82, 2.24) is 20.6 Å². The van der Waals surface area contributed by atoms with Gasteiger partial charge in [0.25, 0.3) is 0 Å². The second-order valence-electron chi connectivity index (χ2n) is 8.21. The van der Waals surface area contributed by atoms with E-state index < -0.39 is 5.72 Å². The molecule has 3 aromatic rings. The van der Waals surface area contributed by atoms with Crippen molar-refractivity contribution in [3.63, 3.8) is 0 Å². The number of para-hydroxylation sites is 1. The number of hydrogen-bond acceptors (Lipinski definition) is 7. The third-order valence-electron chi connectivity index (χ3n) is 5.80. The fraction of sp³-hybridized carbons (Fsp3) is 0.360. The van der Waals surface area contributed by atoms with Crippen molar-refractivity contribution in [3.05, 3.63) is 77.6 Å². The minimum absolute atomic E-state index is 0.141. The Morgan fingerprint density at radius 1 is 1.18 bits per heavy atom. The molecule has 0 amide bonds. The lowest BCUT2D eigenvalue weighted by atomic mass is 9.93. The van der Waals surface area contributed by atoms with Crippen LogP contribution in [0.4, 0.5) is 0 Å². The van der Waals surface area contributed by atoms with Crippen molar-refractivity contribution in [2.45, 2.75) is 50.7 Å². The molecule has 0 aliphatic carbocycles. The number of benzene rings is 2. The van der Waals surface area contributed by atoms with Crippen molar-refractivity contribution >= 4 is 5.78 Å². The molecule has 0 bridgehead atoms. The van der Waals surface area contributed by atoms with Gasteiger partial charge in [-0.1, -0.05) is 31.1 Å². The molecule has 0 saturated carbocycles. The summed E-state index contributed by atoms with van der Waals surface area (Å²) in [5.74, 6) is 1.34. The molecule has 1 aliphatic heterocycles. The summed E-state index contributed by atoms with van der Waals surface area (Å²) in [6, 6.07) is 12.8. The normalized spacial score (nSPS) is 17.1. The quantitative estimate of drug-likeness (QED) is 0.258. The number of tetrazole rings is 1. The molecule has 0 spiro atoms. The maximum absolute atomic E-state index is 13.3. The Morgan fingerprint density at radius 2 is 2.00 bits per heavy atom. The monoisotopic (exact) mass is 447 g/mol. The summed E-state index contributed by atoms with van der Waals surface area (Å²) >= 11 is 0. The molecule has 1 aromatic heterocycles. The van der Waals surface area contributed by atoms with Crippen molar-refractivity contribution in [3.8, 4) is 11.5 Å². The summed E-state index contributed by atoms with van der Waals surface area (Å²) in [4.78, 5) is 13.3. The van der Waals surface area contributed by atoms with Crippen molar-refractivity contribution in [2.24, 2.45) is 5.73 Å². The molecule has 1 atom stereocenters. The van der Waals surface area contributed by atoms with Gasteiger partial charge in [-0.2, -0.15) is 5.21 Å². The zero-order valence-electron chi connectivity index (χ0n) is 18.6. The van der Waals surface area contributed by atoms with Gasteiger partial charge in [0.2, 0.25) is 11.5 Å². The molecule has 0 radical (unpaired) electrons. The molecule has 2 aromatic carbocycles. The first-order valence-corrected chi connectivity index (χ1v) is 11.3. The lowest BCUT2D eigenvalue weighted by Crippen LogP contribution is -2.46.